The average molecular weight is 342 g/mol. The summed E-state index contributed by atoms with van der Waals surface area (Å²) < 4.78 is 16.0. The monoisotopic (exact) mass is 342 g/mol. The van der Waals surface area contributed by atoms with Crippen LogP contribution in [0.3, 0.4) is 0 Å². The summed E-state index contributed by atoms with van der Waals surface area (Å²) in [5, 5.41) is 0. The molecular weight excluding hydrogens is 317 g/mol. The van der Waals surface area contributed by atoms with Crippen molar-refractivity contribution >= 4 is 11.6 Å². The zero-order chi connectivity index (χ0) is 17.5. The number of piperazine rings is 1. The lowest BCUT2D eigenvalue weighted by Gasteiger charge is -2.36. The van der Waals surface area contributed by atoms with Gasteiger partial charge >= 0.3 is 0 Å². The van der Waals surface area contributed by atoms with Gasteiger partial charge in [0.05, 0.1) is 5.69 Å². The molecule has 0 atom stereocenters. The quantitative estimate of drug-likeness (QED) is 0.596. The molecule has 0 aliphatic carbocycles. The molecule has 1 amide bonds. The molecule has 3 rings (SSSR count). The van der Waals surface area contributed by atoms with Crippen molar-refractivity contribution < 1.29 is 13.8 Å². The molecule has 0 saturated carbocycles. The molecule has 1 aromatic heterocycles. The Bertz CT molecular complexity index is 684. The fourth-order valence-corrected chi connectivity index (χ4v) is 3.22. The highest BCUT2D eigenvalue weighted by atomic mass is 19.1. The Morgan fingerprint density at radius 3 is 2.40 bits per heavy atom. The SMILES string of the molecule is O=C(CCCC[n+]1ccccc1)N1CCN(c2ccccc2F)CC1. The molecule has 5 heteroatoms. The normalized spacial score (nSPS) is 14.6. The first kappa shape index (κ1) is 17.4. The number of hydrogen-bond donors (Lipinski definition) is 0. The molecule has 1 aliphatic heterocycles. The van der Waals surface area contributed by atoms with E-state index in [2.05, 4.69) is 4.57 Å². The van der Waals surface area contributed by atoms with Crippen molar-refractivity contribution in [3.05, 3.63) is 60.7 Å². The number of halogens is 1. The first-order valence-electron chi connectivity index (χ1n) is 8.95. The van der Waals surface area contributed by atoms with E-state index in [9.17, 15) is 9.18 Å². The number of unbranched alkanes of at least 4 members (excludes halogenated alkanes) is 1. The minimum atomic E-state index is -0.194. The second-order valence-corrected chi connectivity index (χ2v) is 6.39. The molecule has 0 radical (unpaired) electrons. The molecule has 2 heterocycles. The Labute approximate surface area is 148 Å². The maximum atomic E-state index is 13.9. The second-order valence-electron chi connectivity index (χ2n) is 6.39. The number of nitrogens with zero attached hydrogens (tertiary/aromatic N) is 3. The molecule has 4 nitrogen and oxygen atoms in total. The molecular formula is C20H25FN3O+. The first-order chi connectivity index (χ1) is 12.2. The fourth-order valence-electron chi connectivity index (χ4n) is 3.22. The Hall–Kier alpha value is -2.43. The number of para-hydroxylation sites is 1. The number of hydrogen-bond acceptors (Lipinski definition) is 2. The molecule has 0 bridgehead atoms. The first-order valence-corrected chi connectivity index (χ1v) is 8.95. The highest BCUT2D eigenvalue weighted by Gasteiger charge is 2.22. The van der Waals surface area contributed by atoms with E-state index in [1.807, 2.05) is 46.5 Å². The molecule has 0 spiro atoms. The van der Waals surface area contributed by atoms with Gasteiger partial charge in [0.15, 0.2) is 12.4 Å². The number of pyridine rings is 1. The van der Waals surface area contributed by atoms with Gasteiger partial charge in [-0.15, -0.1) is 0 Å². The van der Waals surface area contributed by atoms with Gasteiger partial charge in [-0.1, -0.05) is 18.2 Å². The Kier molecular flexibility index (Phi) is 5.99. The largest absolute Gasteiger partial charge is 0.366 e. The highest BCUT2D eigenvalue weighted by Crippen LogP contribution is 2.20. The number of carbonyl (C=O) groups excluding carboxylic acids is 1. The van der Waals surface area contributed by atoms with Crippen molar-refractivity contribution in [1.29, 1.82) is 0 Å². The van der Waals surface area contributed by atoms with E-state index < -0.39 is 0 Å². The van der Waals surface area contributed by atoms with Crippen LogP contribution in [-0.4, -0.2) is 37.0 Å². The van der Waals surface area contributed by atoms with E-state index in [1.54, 1.807) is 12.1 Å². The van der Waals surface area contributed by atoms with Gasteiger partial charge in [0.2, 0.25) is 5.91 Å². The lowest BCUT2D eigenvalue weighted by atomic mass is 10.2. The molecule has 1 aromatic carbocycles. The van der Waals surface area contributed by atoms with Gasteiger partial charge in [0.25, 0.3) is 0 Å². The predicted octanol–water partition coefficient (Wildman–Crippen LogP) is 2.63. The summed E-state index contributed by atoms with van der Waals surface area (Å²) in [5.41, 5.74) is 0.634. The van der Waals surface area contributed by atoms with E-state index >= 15 is 0 Å². The van der Waals surface area contributed by atoms with Gasteiger partial charge in [-0.05, 0) is 18.6 Å². The van der Waals surface area contributed by atoms with Gasteiger partial charge in [0, 0.05) is 51.2 Å². The van der Waals surface area contributed by atoms with Crippen molar-refractivity contribution in [2.24, 2.45) is 0 Å². The van der Waals surface area contributed by atoms with Crippen LogP contribution >= 0.6 is 0 Å². The molecule has 25 heavy (non-hydrogen) atoms. The zero-order valence-electron chi connectivity index (χ0n) is 14.5. The van der Waals surface area contributed by atoms with Crippen LogP contribution in [0.2, 0.25) is 0 Å². The van der Waals surface area contributed by atoms with Gasteiger partial charge in [-0.3, -0.25) is 4.79 Å². The molecule has 1 aliphatic rings. The maximum Gasteiger partial charge on any atom is 0.222 e. The third kappa shape index (κ3) is 4.78. The topological polar surface area (TPSA) is 27.4 Å². The number of anilines is 1. The summed E-state index contributed by atoms with van der Waals surface area (Å²) in [6.45, 7) is 3.65. The lowest BCUT2D eigenvalue weighted by molar-refractivity contribution is -0.697. The number of rotatable bonds is 6. The van der Waals surface area contributed by atoms with E-state index in [0.717, 1.165) is 19.4 Å². The number of amides is 1. The summed E-state index contributed by atoms with van der Waals surface area (Å²) in [7, 11) is 0. The van der Waals surface area contributed by atoms with E-state index in [4.69, 9.17) is 0 Å². The molecule has 2 aromatic rings. The van der Waals surface area contributed by atoms with Crippen LogP contribution < -0.4 is 9.47 Å². The fraction of sp³-hybridized carbons (Fsp3) is 0.400. The van der Waals surface area contributed by atoms with Crippen LogP contribution in [0, 0.1) is 5.82 Å². The van der Waals surface area contributed by atoms with E-state index in [0.29, 0.717) is 38.3 Å². The van der Waals surface area contributed by atoms with Crippen LogP contribution in [0.4, 0.5) is 10.1 Å². The Balaban J connectivity index is 1.39. The van der Waals surface area contributed by atoms with Crippen LogP contribution in [0.5, 0.6) is 0 Å². The molecule has 0 unspecified atom stereocenters. The van der Waals surface area contributed by atoms with E-state index in [1.165, 1.54) is 6.07 Å². The highest BCUT2D eigenvalue weighted by molar-refractivity contribution is 5.76. The number of benzene rings is 1. The third-order valence-electron chi connectivity index (χ3n) is 4.66. The smallest absolute Gasteiger partial charge is 0.222 e. The summed E-state index contributed by atoms with van der Waals surface area (Å²) >= 11 is 0. The third-order valence-corrected chi connectivity index (χ3v) is 4.66. The number of aryl methyl sites for hydroxylation is 1. The summed E-state index contributed by atoms with van der Waals surface area (Å²) in [6.07, 6.45) is 6.57. The zero-order valence-corrected chi connectivity index (χ0v) is 14.5. The van der Waals surface area contributed by atoms with Crippen molar-refractivity contribution in [3.63, 3.8) is 0 Å². The summed E-state index contributed by atoms with van der Waals surface area (Å²) in [6, 6.07) is 12.9. The van der Waals surface area contributed by atoms with Crippen molar-refractivity contribution in [2.75, 3.05) is 31.1 Å². The molecule has 0 N–H and O–H groups in total. The molecule has 1 saturated heterocycles. The second kappa shape index (κ2) is 8.60. The lowest BCUT2D eigenvalue weighted by Crippen LogP contribution is -2.49. The van der Waals surface area contributed by atoms with Gasteiger partial charge in [0.1, 0.15) is 12.4 Å². The van der Waals surface area contributed by atoms with Crippen molar-refractivity contribution in [1.82, 2.24) is 4.90 Å². The van der Waals surface area contributed by atoms with Gasteiger partial charge < -0.3 is 9.80 Å². The Morgan fingerprint density at radius 2 is 1.68 bits per heavy atom. The summed E-state index contributed by atoms with van der Waals surface area (Å²) in [4.78, 5) is 16.3. The van der Waals surface area contributed by atoms with Crippen molar-refractivity contribution in [3.8, 4) is 0 Å². The minimum absolute atomic E-state index is 0.194. The maximum absolute atomic E-state index is 13.9. The predicted molar refractivity (Wildman–Crippen MR) is 95.7 cm³/mol. The van der Waals surface area contributed by atoms with Crippen LogP contribution in [0.25, 0.3) is 0 Å². The minimum Gasteiger partial charge on any atom is -0.366 e. The average Bonchev–Trinajstić information content (AvgIpc) is 2.66. The molecule has 1 fully saturated rings. The number of carbonyl (C=O) groups is 1. The van der Waals surface area contributed by atoms with Crippen LogP contribution in [0.15, 0.2) is 54.9 Å². The Morgan fingerprint density at radius 1 is 0.960 bits per heavy atom. The van der Waals surface area contributed by atoms with E-state index in [-0.39, 0.29) is 11.7 Å². The summed E-state index contributed by atoms with van der Waals surface area (Å²) in [5.74, 6) is 0.0203. The van der Waals surface area contributed by atoms with Gasteiger partial charge in [-0.25, -0.2) is 8.96 Å². The van der Waals surface area contributed by atoms with Crippen LogP contribution in [0.1, 0.15) is 19.3 Å². The van der Waals surface area contributed by atoms with Crippen molar-refractivity contribution in [2.45, 2.75) is 25.8 Å². The number of aromatic nitrogens is 1. The standard InChI is InChI=1S/C20H25FN3O/c21-18-8-2-3-9-19(18)23-14-16-24(17-15-23)20(25)10-4-7-13-22-11-5-1-6-12-22/h1-3,5-6,8-9,11-12H,4,7,10,13-17H2/q+1. The van der Waals surface area contributed by atoms with Crippen LogP contribution in [-0.2, 0) is 11.3 Å². The van der Waals surface area contributed by atoms with Gasteiger partial charge in [-0.2, -0.15) is 0 Å². The molecule has 132 valence electrons.